The molecule has 1 amide bonds. The van der Waals surface area contributed by atoms with Gasteiger partial charge in [0, 0.05) is 0 Å². The van der Waals surface area contributed by atoms with E-state index in [1.54, 1.807) is 19.1 Å². The number of carboxylic acid groups (broad SMARTS) is 1. The number of anilines is 1. The number of rotatable bonds is 5. The van der Waals surface area contributed by atoms with Crippen molar-refractivity contribution in [2.24, 2.45) is 0 Å². The van der Waals surface area contributed by atoms with E-state index in [0.29, 0.717) is 17.0 Å². The number of nitrogens with zero attached hydrogens (tertiary/aromatic N) is 2. The lowest BCUT2D eigenvalue weighted by Gasteiger charge is -2.08. The number of carboxylic acids is 1. The summed E-state index contributed by atoms with van der Waals surface area (Å²) >= 11 is 1.01. The highest BCUT2D eigenvalue weighted by molar-refractivity contribution is 7.08. The van der Waals surface area contributed by atoms with Gasteiger partial charge in [-0.1, -0.05) is 29.5 Å². The zero-order valence-corrected chi connectivity index (χ0v) is 12.5. The zero-order valence-electron chi connectivity index (χ0n) is 11.7. The lowest BCUT2D eigenvalue weighted by molar-refractivity contribution is 0.0698. The first-order chi connectivity index (χ1) is 10.0. The molecule has 6 nitrogen and oxygen atoms in total. The standard InChI is InChI=1S/C14H15N3O3S/c1-3-4-11-12(21-17-16-11)13(18)15-10-6-5-8(2)7-9(10)14(19)20/h5-7H,3-4H2,1-2H3,(H,15,18)(H,19,20). The van der Waals surface area contributed by atoms with Crippen molar-refractivity contribution in [1.82, 2.24) is 9.59 Å². The van der Waals surface area contributed by atoms with Gasteiger partial charge in [0.15, 0.2) is 0 Å². The number of aromatic carboxylic acids is 1. The largest absolute Gasteiger partial charge is 0.478 e. The number of carbonyl (C=O) groups excluding carboxylic acids is 1. The lowest BCUT2D eigenvalue weighted by atomic mass is 10.1. The third kappa shape index (κ3) is 3.43. The molecular formula is C14H15N3O3S. The van der Waals surface area contributed by atoms with Gasteiger partial charge in [0.25, 0.3) is 5.91 Å². The minimum atomic E-state index is -1.08. The highest BCUT2D eigenvalue weighted by Crippen LogP contribution is 2.20. The van der Waals surface area contributed by atoms with Crippen LogP contribution in [0, 0.1) is 6.92 Å². The van der Waals surface area contributed by atoms with E-state index in [1.807, 2.05) is 6.92 Å². The Morgan fingerprint density at radius 3 is 2.81 bits per heavy atom. The van der Waals surface area contributed by atoms with Crippen LogP contribution >= 0.6 is 11.5 Å². The molecule has 0 saturated carbocycles. The second kappa shape index (κ2) is 6.45. The van der Waals surface area contributed by atoms with Crippen molar-refractivity contribution in [3.05, 3.63) is 39.9 Å². The summed E-state index contributed by atoms with van der Waals surface area (Å²) in [5, 5.41) is 15.8. The fourth-order valence-electron chi connectivity index (χ4n) is 1.90. The lowest BCUT2D eigenvalue weighted by Crippen LogP contribution is -2.15. The van der Waals surface area contributed by atoms with Gasteiger partial charge < -0.3 is 10.4 Å². The molecule has 1 aromatic carbocycles. The number of aryl methyl sites for hydroxylation is 2. The van der Waals surface area contributed by atoms with Gasteiger partial charge in [-0.3, -0.25) is 4.79 Å². The summed E-state index contributed by atoms with van der Waals surface area (Å²) in [6.07, 6.45) is 1.52. The Bertz CT molecular complexity index is 682. The third-order valence-corrected chi connectivity index (χ3v) is 3.67. The molecule has 1 heterocycles. The average Bonchev–Trinajstić information content (AvgIpc) is 2.89. The van der Waals surface area contributed by atoms with Crippen LogP contribution in [0.25, 0.3) is 0 Å². The van der Waals surface area contributed by atoms with Crippen molar-refractivity contribution < 1.29 is 14.7 Å². The van der Waals surface area contributed by atoms with E-state index in [2.05, 4.69) is 14.9 Å². The number of amides is 1. The molecule has 0 saturated heterocycles. The van der Waals surface area contributed by atoms with Crippen molar-refractivity contribution >= 4 is 29.1 Å². The number of aromatic nitrogens is 2. The smallest absolute Gasteiger partial charge is 0.337 e. The number of nitrogens with one attached hydrogen (secondary N) is 1. The predicted octanol–water partition coefficient (Wildman–Crippen LogP) is 2.75. The highest BCUT2D eigenvalue weighted by Gasteiger charge is 2.18. The highest BCUT2D eigenvalue weighted by atomic mass is 32.1. The van der Waals surface area contributed by atoms with E-state index >= 15 is 0 Å². The van der Waals surface area contributed by atoms with E-state index in [-0.39, 0.29) is 17.2 Å². The summed E-state index contributed by atoms with van der Waals surface area (Å²) in [5.74, 6) is -1.45. The third-order valence-electron chi connectivity index (χ3n) is 2.90. The van der Waals surface area contributed by atoms with Crippen LogP contribution in [0.3, 0.4) is 0 Å². The van der Waals surface area contributed by atoms with Crippen molar-refractivity contribution in [3.8, 4) is 0 Å². The topological polar surface area (TPSA) is 92.2 Å². The van der Waals surface area contributed by atoms with Crippen LogP contribution in [0.2, 0.25) is 0 Å². The van der Waals surface area contributed by atoms with Crippen LogP contribution in [0.1, 0.15) is 44.6 Å². The van der Waals surface area contributed by atoms with Gasteiger partial charge in [-0.05, 0) is 37.0 Å². The molecule has 2 rings (SSSR count). The summed E-state index contributed by atoms with van der Waals surface area (Å²) in [4.78, 5) is 23.9. The van der Waals surface area contributed by atoms with Crippen LogP contribution in [0.15, 0.2) is 18.2 Å². The van der Waals surface area contributed by atoms with Crippen LogP contribution in [0.5, 0.6) is 0 Å². The Kier molecular flexibility index (Phi) is 4.64. The van der Waals surface area contributed by atoms with Crippen molar-refractivity contribution in [2.45, 2.75) is 26.7 Å². The van der Waals surface area contributed by atoms with Gasteiger partial charge in [-0.2, -0.15) is 0 Å². The van der Waals surface area contributed by atoms with Crippen LogP contribution < -0.4 is 5.32 Å². The minimum absolute atomic E-state index is 0.0675. The summed E-state index contributed by atoms with van der Waals surface area (Å²) < 4.78 is 3.79. The Morgan fingerprint density at radius 1 is 1.38 bits per heavy atom. The molecule has 0 aliphatic carbocycles. The van der Waals surface area contributed by atoms with Gasteiger partial charge in [-0.15, -0.1) is 5.10 Å². The molecule has 0 aliphatic rings. The Labute approximate surface area is 126 Å². The molecule has 0 fully saturated rings. The summed E-state index contributed by atoms with van der Waals surface area (Å²) in [6, 6.07) is 4.86. The number of carbonyl (C=O) groups is 2. The average molecular weight is 305 g/mol. The maximum absolute atomic E-state index is 12.3. The molecule has 21 heavy (non-hydrogen) atoms. The van der Waals surface area contributed by atoms with E-state index in [4.69, 9.17) is 0 Å². The first-order valence-electron chi connectivity index (χ1n) is 6.49. The van der Waals surface area contributed by atoms with Gasteiger partial charge in [0.05, 0.1) is 16.9 Å². The maximum Gasteiger partial charge on any atom is 0.337 e. The summed E-state index contributed by atoms with van der Waals surface area (Å²) in [6.45, 7) is 3.79. The molecule has 2 aromatic rings. The van der Waals surface area contributed by atoms with E-state index < -0.39 is 5.97 Å². The van der Waals surface area contributed by atoms with Crippen molar-refractivity contribution in [3.63, 3.8) is 0 Å². The molecule has 0 unspecified atom stereocenters. The van der Waals surface area contributed by atoms with E-state index in [0.717, 1.165) is 23.5 Å². The molecule has 0 spiro atoms. The van der Waals surface area contributed by atoms with Gasteiger partial charge >= 0.3 is 5.97 Å². The Morgan fingerprint density at radius 2 is 2.14 bits per heavy atom. The van der Waals surface area contributed by atoms with Gasteiger partial charge in [-0.25, -0.2) is 4.79 Å². The second-order valence-electron chi connectivity index (χ2n) is 4.61. The fourth-order valence-corrected chi connectivity index (χ4v) is 2.51. The molecule has 0 radical (unpaired) electrons. The zero-order chi connectivity index (χ0) is 15.4. The molecular weight excluding hydrogens is 290 g/mol. The number of hydrogen-bond donors (Lipinski definition) is 2. The van der Waals surface area contributed by atoms with Crippen molar-refractivity contribution in [2.75, 3.05) is 5.32 Å². The van der Waals surface area contributed by atoms with Crippen LogP contribution in [0.4, 0.5) is 5.69 Å². The second-order valence-corrected chi connectivity index (χ2v) is 5.36. The number of hydrogen-bond acceptors (Lipinski definition) is 5. The minimum Gasteiger partial charge on any atom is -0.478 e. The molecule has 0 bridgehead atoms. The predicted molar refractivity (Wildman–Crippen MR) is 80.0 cm³/mol. The number of benzene rings is 1. The fraction of sp³-hybridized carbons (Fsp3) is 0.286. The molecule has 0 aliphatic heterocycles. The van der Waals surface area contributed by atoms with Crippen LogP contribution in [-0.2, 0) is 6.42 Å². The SMILES string of the molecule is CCCc1nnsc1C(=O)Nc1ccc(C)cc1C(=O)O. The molecule has 0 atom stereocenters. The van der Waals surface area contributed by atoms with Crippen LogP contribution in [-0.4, -0.2) is 26.6 Å². The Balaban J connectivity index is 2.27. The van der Waals surface area contributed by atoms with E-state index in [1.165, 1.54) is 6.07 Å². The van der Waals surface area contributed by atoms with Gasteiger partial charge in [0.2, 0.25) is 0 Å². The summed E-state index contributed by atoms with van der Waals surface area (Å²) in [7, 11) is 0. The monoisotopic (exact) mass is 305 g/mol. The van der Waals surface area contributed by atoms with Gasteiger partial charge in [0.1, 0.15) is 4.88 Å². The van der Waals surface area contributed by atoms with E-state index in [9.17, 15) is 14.7 Å². The molecule has 110 valence electrons. The molecule has 1 aromatic heterocycles. The molecule has 2 N–H and O–H groups in total. The first-order valence-corrected chi connectivity index (χ1v) is 7.26. The normalized spacial score (nSPS) is 10.4. The maximum atomic E-state index is 12.3. The summed E-state index contributed by atoms with van der Waals surface area (Å²) in [5.41, 5.74) is 1.80. The Hall–Kier alpha value is -2.28. The first kappa shape index (κ1) is 15.1. The molecule has 7 heteroatoms. The van der Waals surface area contributed by atoms with Crippen molar-refractivity contribution in [1.29, 1.82) is 0 Å². The quantitative estimate of drug-likeness (QED) is 0.886.